The Hall–Kier alpha value is -1.62. The number of halogens is 7. The first-order valence-corrected chi connectivity index (χ1v) is 13.8. The molecule has 0 aromatic heterocycles. The van der Waals surface area contributed by atoms with Gasteiger partial charge in [0, 0.05) is 16.9 Å². The summed E-state index contributed by atoms with van der Waals surface area (Å²) in [7, 11) is 0. The number of rotatable bonds is 7. The van der Waals surface area contributed by atoms with E-state index in [9.17, 15) is 8.78 Å². The van der Waals surface area contributed by atoms with Gasteiger partial charge in [0.2, 0.25) is 0 Å². The van der Waals surface area contributed by atoms with Gasteiger partial charge in [-0.25, -0.2) is 26.3 Å². The molecule has 0 radical (unpaired) electrons. The lowest BCUT2D eigenvalue weighted by Crippen LogP contribution is -2.63. The Morgan fingerprint density at radius 1 is 0.789 bits per heavy atom. The molecule has 3 aliphatic heterocycles. The molecule has 1 aliphatic carbocycles. The Labute approximate surface area is 226 Å². The highest BCUT2D eigenvalue weighted by Crippen LogP contribution is 2.51. The molecular weight excluding hydrogens is 578 g/mol. The van der Waals surface area contributed by atoms with Gasteiger partial charge in [-0.15, -0.1) is 0 Å². The number of hydrogen-bond acceptors (Lipinski definition) is 3. The van der Waals surface area contributed by atoms with Gasteiger partial charge in [-0.2, -0.15) is 0 Å². The first-order chi connectivity index (χ1) is 18.1. The maximum Gasteiger partial charge on any atom is 0.285 e. The van der Waals surface area contributed by atoms with E-state index in [1.54, 1.807) is 0 Å². The van der Waals surface area contributed by atoms with Crippen molar-refractivity contribution in [1.29, 1.82) is 0 Å². The van der Waals surface area contributed by atoms with Crippen LogP contribution in [0.15, 0.2) is 16.6 Å². The molecule has 38 heavy (non-hydrogen) atoms. The lowest BCUT2D eigenvalue weighted by Gasteiger charge is -2.55. The minimum Gasteiger partial charge on any atom is -0.326 e. The van der Waals surface area contributed by atoms with Gasteiger partial charge in [-0.05, 0) is 71.6 Å². The fraction of sp³-hybridized carbons (Fsp3) is 0.571. The zero-order valence-electron chi connectivity index (χ0n) is 21.0. The Balaban J connectivity index is 1.32. The van der Waals surface area contributed by atoms with E-state index < -0.39 is 68.0 Å². The third-order valence-electron chi connectivity index (χ3n) is 8.25. The normalized spacial score (nSPS) is 29.2. The molecule has 4 aliphatic rings. The number of unbranched alkanes of at least 4 members (excludes halogenated alkanes) is 2. The molecule has 0 atom stereocenters. The highest BCUT2D eigenvalue weighted by molar-refractivity contribution is 9.10. The summed E-state index contributed by atoms with van der Waals surface area (Å²) in [5, 5.41) is 0. The van der Waals surface area contributed by atoms with Gasteiger partial charge in [0.1, 0.15) is 11.6 Å². The number of fused-ring (bicyclic) bond motifs is 3. The topological polar surface area (TPSA) is 27.7 Å². The Bertz CT molecular complexity index is 1140. The van der Waals surface area contributed by atoms with Crippen molar-refractivity contribution in [1.82, 2.24) is 0 Å². The van der Waals surface area contributed by atoms with Crippen molar-refractivity contribution in [2.24, 2.45) is 11.3 Å². The van der Waals surface area contributed by atoms with Crippen LogP contribution in [0.25, 0.3) is 11.1 Å². The molecular formula is C28H29BrF6O3. The second-order valence-corrected chi connectivity index (χ2v) is 11.6. The van der Waals surface area contributed by atoms with Crippen LogP contribution in [0.5, 0.6) is 0 Å². The van der Waals surface area contributed by atoms with E-state index in [1.807, 2.05) is 0 Å². The second-order valence-electron chi connectivity index (χ2n) is 10.8. The van der Waals surface area contributed by atoms with Crippen molar-refractivity contribution in [3.63, 3.8) is 0 Å². The van der Waals surface area contributed by atoms with Crippen LogP contribution in [0.3, 0.4) is 0 Å². The Morgan fingerprint density at radius 2 is 1.32 bits per heavy atom. The molecule has 2 aromatic carbocycles. The number of benzene rings is 2. The van der Waals surface area contributed by atoms with E-state index >= 15 is 17.6 Å². The molecule has 3 saturated heterocycles. The molecule has 3 heterocycles. The molecule has 0 N–H and O–H groups in total. The maximum atomic E-state index is 15.2. The molecule has 2 bridgehead atoms. The van der Waals surface area contributed by atoms with Crippen molar-refractivity contribution in [3.05, 3.63) is 57.1 Å². The zero-order chi connectivity index (χ0) is 27.2. The van der Waals surface area contributed by atoms with Crippen LogP contribution in [0.4, 0.5) is 26.3 Å². The molecule has 6 rings (SSSR count). The summed E-state index contributed by atoms with van der Waals surface area (Å²) in [5.41, 5.74) is -2.64. The van der Waals surface area contributed by atoms with E-state index in [1.165, 1.54) is 0 Å². The van der Waals surface area contributed by atoms with Crippen molar-refractivity contribution < 1.29 is 40.6 Å². The largest absolute Gasteiger partial charge is 0.326 e. The van der Waals surface area contributed by atoms with Gasteiger partial charge in [0.05, 0.1) is 29.9 Å². The molecule has 0 unspecified atom stereocenters. The highest BCUT2D eigenvalue weighted by atomic mass is 79.9. The Morgan fingerprint density at radius 3 is 1.82 bits per heavy atom. The van der Waals surface area contributed by atoms with Gasteiger partial charge >= 0.3 is 0 Å². The quantitative estimate of drug-likeness (QED) is 0.137. The molecule has 1 saturated carbocycles. The van der Waals surface area contributed by atoms with Gasteiger partial charge in [-0.3, -0.25) is 0 Å². The molecule has 0 spiro atoms. The minimum atomic E-state index is -1.69. The highest BCUT2D eigenvalue weighted by Gasteiger charge is 2.56. The summed E-state index contributed by atoms with van der Waals surface area (Å²) in [5.74, 6) is -11.0. The van der Waals surface area contributed by atoms with E-state index in [0.717, 1.165) is 25.7 Å². The first kappa shape index (κ1) is 27.9. The van der Waals surface area contributed by atoms with Crippen molar-refractivity contribution in [2.45, 2.75) is 70.2 Å². The third-order valence-corrected chi connectivity index (χ3v) is 9.01. The standard InChI is InChI=1S/C28H29BrF6O3/c1-2-3-4-9-27-12-36-28(37-13-27,38-14-27)17-7-5-15(6-8-17)20-23(32)25(34)21(26(35)24(20)33)16-10-18(30)22(29)19(31)11-16/h10-11,15,17H,2-9,12-14H2,1H3. The zero-order valence-corrected chi connectivity index (χ0v) is 22.5. The fourth-order valence-corrected chi connectivity index (χ4v) is 6.26. The number of ether oxygens (including phenoxy) is 3. The monoisotopic (exact) mass is 606 g/mol. The summed E-state index contributed by atoms with van der Waals surface area (Å²) in [6, 6.07) is 1.23. The second kappa shape index (κ2) is 10.7. The molecule has 2 aromatic rings. The van der Waals surface area contributed by atoms with Gasteiger partial charge < -0.3 is 14.2 Å². The van der Waals surface area contributed by atoms with E-state index in [2.05, 4.69) is 22.9 Å². The molecule has 0 amide bonds. The van der Waals surface area contributed by atoms with Crippen molar-refractivity contribution in [3.8, 4) is 11.1 Å². The van der Waals surface area contributed by atoms with Crippen LogP contribution in [0.1, 0.15) is 69.8 Å². The average molecular weight is 607 g/mol. The molecule has 4 fully saturated rings. The van der Waals surface area contributed by atoms with E-state index in [-0.39, 0.29) is 24.2 Å². The van der Waals surface area contributed by atoms with Gasteiger partial charge in [0.15, 0.2) is 23.3 Å². The lowest BCUT2D eigenvalue weighted by atomic mass is 9.75. The molecule has 208 valence electrons. The number of hydrogen-bond donors (Lipinski definition) is 0. The summed E-state index contributed by atoms with van der Waals surface area (Å²) in [6.45, 7) is 3.71. The fourth-order valence-electron chi connectivity index (χ4n) is 6.03. The summed E-state index contributed by atoms with van der Waals surface area (Å²) >= 11 is 2.66. The van der Waals surface area contributed by atoms with Crippen molar-refractivity contribution in [2.75, 3.05) is 19.8 Å². The summed E-state index contributed by atoms with van der Waals surface area (Å²) in [4.78, 5) is 0. The predicted octanol–water partition coefficient (Wildman–Crippen LogP) is 8.52. The average Bonchev–Trinajstić information content (AvgIpc) is 2.92. The van der Waals surface area contributed by atoms with Crippen LogP contribution in [-0.2, 0) is 14.2 Å². The van der Waals surface area contributed by atoms with Crippen molar-refractivity contribution >= 4 is 15.9 Å². The predicted molar refractivity (Wildman–Crippen MR) is 131 cm³/mol. The maximum absolute atomic E-state index is 15.2. The molecule has 10 heteroatoms. The SMILES string of the molecule is CCCCCC12COC(C3CCC(c4c(F)c(F)c(-c5cc(F)c(Br)c(F)c5)c(F)c4F)CC3)(OC1)OC2. The van der Waals surface area contributed by atoms with Gasteiger partial charge in [-0.1, -0.05) is 26.2 Å². The summed E-state index contributed by atoms with van der Waals surface area (Å²) in [6.07, 6.45) is 5.57. The third kappa shape index (κ3) is 4.80. The molecule has 3 nitrogen and oxygen atoms in total. The van der Waals surface area contributed by atoms with Crippen LogP contribution in [0, 0.1) is 46.2 Å². The smallest absolute Gasteiger partial charge is 0.285 e. The minimum absolute atomic E-state index is 0.155. The lowest BCUT2D eigenvalue weighted by molar-refractivity contribution is -0.488. The van der Waals surface area contributed by atoms with Crippen LogP contribution < -0.4 is 0 Å². The first-order valence-electron chi connectivity index (χ1n) is 13.0. The van der Waals surface area contributed by atoms with E-state index in [4.69, 9.17) is 14.2 Å². The van der Waals surface area contributed by atoms with Gasteiger partial charge in [0.25, 0.3) is 5.97 Å². The van der Waals surface area contributed by atoms with Crippen LogP contribution in [-0.4, -0.2) is 25.8 Å². The van der Waals surface area contributed by atoms with Crippen LogP contribution >= 0.6 is 15.9 Å². The van der Waals surface area contributed by atoms with Crippen LogP contribution in [0.2, 0.25) is 0 Å². The van der Waals surface area contributed by atoms with E-state index in [0.29, 0.717) is 44.8 Å². The summed E-state index contributed by atoms with van der Waals surface area (Å²) < 4.78 is 106. The Kier molecular flexibility index (Phi) is 7.90.